The molecule has 2 amide bonds. The average Bonchev–Trinajstić information content (AvgIpc) is 2.92. The van der Waals surface area contributed by atoms with E-state index >= 15 is 0 Å². The zero-order chi connectivity index (χ0) is 32.4. The van der Waals surface area contributed by atoms with Crippen molar-refractivity contribution in [3.05, 3.63) is 70.3 Å². The van der Waals surface area contributed by atoms with Gasteiger partial charge in [0.15, 0.2) is 0 Å². The number of carbonyl (C=O) groups excluding carboxylic acids is 2. The number of rotatable bonds is 8. The number of nitrogens with zero attached hydrogens (tertiary/aromatic N) is 2. The molecule has 0 aliphatic carbocycles. The molecule has 1 heterocycles. The van der Waals surface area contributed by atoms with Crippen LogP contribution in [0.5, 0.6) is 0 Å². The lowest BCUT2D eigenvalue weighted by molar-refractivity contribution is -0.143. The second kappa shape index (κ2) is 12.9. The summed E-state index contributed by atoms with van der Waals surface area (Å²) in [5.74, 6) is -2.88. The van der Waals surface area contributed by atoms with E-state index in [0.717, 1.165) is 33.5 Å². The van der Waals surface area contributed by atoms with E-state index in [1.807, 2.05) is 0 Å². The van der Waals surface area contributed by atoms with Crippen LogP contribution in [0.1, 0.15) is 39.0 Å². The van der Waals surface area contributed by atoms with E-state index in [1.54, 1.807) is 0 Å². The van der Waals surface area contributed by atoms with Crippen molar-refractivity contribution in [2.45, 2.75) is 37.5 Å². The van der Waals surface area contributed by atoms with Crippen LogP contribution >= 0.6 is 11.6 Å². The number of nitrogens with one attached hydrogen (secondary N) is 1. The van der Waals surface area contributed by atoms with Gasteiger partial charge in [-0.3, -0.25) is 9.59 Å². The SMILES string of the molecule is O=C(NCc1ccc(C(F)(F)F)cc1)C1CN(C(=O)c2cc(C(F)(F)F)cc(C(F)(F)F)c2)CCN1S(=O)(=O)CCCCl. The van der Waals surface area contributed by atoms with Gasteiger partial charge in [-0.1, -0.05) is 12.1 Å². The summed E-state index contributed by atoms with van der Waals surface area (Å²) in [7, 11) is -4.18. The molecule has 1 fully saturated rings. The van der Waals surface area contributed by atoms with E-state index in [2.05, 4.69) is 5.32 Å². The molecule has 0 bridgehead atoms. The van der Waals surface area contributed by atoms with Crippen LogP contribution in [0.3, 0.4) is 0 Å². The van der Waals surface area contributed by atoms with Gasteiger partial charge in [0.1, 0.15) is 6.04 Å². The molecule has 0 spiro atoms. The fourth-order valence-electron chi connectivity index (χ4n) is 4.23. The molecule has 2 aromatic rings. The Morgan fingerprint density at radius 1 is 0.837 bits per heavy atom. The van der Waals surface area contributed by atoms with Crippen molar-refractivity contribution in [1.82, 2.24) is 14.5 Å². The molecule has 0 aromatic heterocycles. The van der Waals surface area contributed by atoms with Gasteiger partial charge in [-0.05, 0) is 42.3 Å². The fourth-order valence-corrected chi connectivity index (χ4v) is 6.18. The van der Waals surface area contributed by atoms with E-state index in [-0.39, 0.29) is 42.6 Å². The van der Waals surface area contributed by atoms with Gasteiger partial charge in [0.05, 0.1) is 22.4 Å². The van der Waals surface area contributed by atoms with Crippen LogP contribution < -0.4 is 5.32 Å². The monoisotopic (exact) mass is 667 g/mol. The van der Waals surface area contributed by atoms with E-state index in [0.29, 0.717) is 0 Å². The summed E-state index contributed by atoms with van der Waals surface area (Å²) < 4.78 is 145. The maximum absolute atomic E-state index is 13.3. The number of hydrogen-bond acceptors (Lipinski definition) is 4. The van der Waals surface area contributed by atoms with Gasteiger partial charge >= 0.3 is 18.5 Å². The third-order valence-corrected chi connectivity index (χ3v) is 8.62. The Morgan fingerprint density at radius 2 is 1.37 bits per heavy atom. The largest absolute Gasteiger partial charge is 0.416 e. The minimum absolute atomic E-state index is 0.0205. The highest BCUT2D eigenvalue weighted by molar-refractivity contribution is 7.89. The molecule has 1 aliphatic heterocycles. The smallest absolute Gasteiger partial charge is 0.351 e. The predicted molar refractivity (Wildman–Crippen MR) is 135 cm³/mol. The first kappa shape index (κ1) is 34.4. The number of halogens is 10. The first-order valence-electron chi connectivity index (χ1n) is 12.3. The van der Waals surface area contributed by atoms with Crippen LogP contribution in [0.4, 0.5) is 39.5 Å². The highest BCUT2D eigenvalue weighted by atomic mass is 35.5. The maximum atomic E-state index is 13.3. The lowest BCUT2D eigenvalue weighted by atomic mass is 10.0. The maximum Gasteiger partial charge on any atom is 0.416 e. The summed E-state index contributed by atoms with van der Waals surface area (Å²) in [6.45, 7) is -2.10. The second-order valence-electron chi connectivity index (χ2n) is 9.44. The Balaban J connectivity index is 1.89. The van der Waals surface area contributed by atoms with E-state index < -0.39 is 94.0 Å². The molecule has 0 saturated carbocycles. The van der Waals surface area contributed by atoms with Crippen molar-refractivity contribution in [2.24, 2.45) is 0 Å². The van der Waals surface area contributed by atoms with Crippen molar-refractivity contribution >= 4 is 33.4 Å². The molecule has 0 radical (unpaired) electrons. The molecule has 7 nitrogen and oxygen atoms in total. The molecule has 1 unspecified atom stereocenters. The third-order valence-electron chi connectivity index (χ3n) is 6.40. The molecule has 1 N–H and O–H groups in total. The van der Waals surface area contributed by atoms with E-state index in [1.165, 1.54) is 0 Å². The number of sulfonamides is 1. The molecule has 43 heavy (non-hydrogen) atoms. The molecule has 18 heteroatoms. The quantitative estimate of drug-likeness (QED) is 0.312. The van der Waals surface area contributed by atoms with Crippen LogP contribution in [-0.2, 0) is 39.9 Å². The number of hydrogen-bond donors (Lipinski definition) is 1. The van der Waals surface area contributed by atoms with Gasteiger partial charge in [-0.2, -0.15) is 43.8 Å². The van der Waals surface area contributed by atoms with E-state index in [9.17, 15) is 57.5 Å². The van der Waals surface area contributed by atoms with Crippen LogP contribution in [0, 0.1) is 0 Å². The van der Waals surface area contributed by atoms with Crippen molar-refractivity contribution in [2.75, 3.05) is 31.3 Å². The van der Waals surface area contributed by atoms with Crippen LogP contribution in [0.15, 0.2) is 42.5 Å². The minimum Gasteiger partial charge on any atom is -0.351 e. The van der Waals surface area contributed by atoms with Gasteiger partial charge in [0.25, 0.3) is 5.91 Å². The molecule has 1 atom stereocenters. The summed E-state index contributed by atoms with van der Waals surface area (Å²) in [6.07, 6.45) is -15.1. The Bertz CT molecular complexity index is 1400. The summed E-state index contributed by atoms with van der Waals surface area (Å²) in [5.41, 5.74) is -5.21. The molecule has 3 rings (SSSR count). The zero-order valence-electron chi connectivity index (χ0n) is 21.8. The Morgan fingerprint density at radius 3 is 1.86 bits per heavy atom. The standard InChI is InChI=1S/C25H23ClF9N3O4S/c26-6-1-9-43(41,42)38-8-7-37(22(40)16-10-18(24(30,31)32)12-19(11-16)25(33,34)35)14-20(38)21(39)36-13-15-2-4-17(5-3-15)23(27,28)29/h2-5,10-12,20H,1,6-9,13-14H2,(H,36,39). The molecule has 238 valence electrons. The zero-order valence-corrected chi connectivity index (χ0v) is 23.4. The first-order chi connectivity index (χ1) is 19.7. The lowest BCUT2D eigenvalue weighted by Gasteiger charge is -2.39. The number of piperazine rings is 1. The van der Waals surface area contributed by atoms with E-state index in [4.69, 9.17) is 11.6 Å². The first-order valence-corrected chi connectivity index (χ1v) is 14.5. The fraction of sp³-hybridized carbons (Fsp3) is 0.440. The van der Waals surface area contributed by atoms with Gasteiger partial charge in [-0.25, -0.2) is 8.42 Å². The highest BCUT2D eigenvalue weighted by Gasteiger charge is 2.42. The summed E-state index contributed by atoms with van der Waals surface area (Å²) in [6, 6.07) is 2.28. The Labute approximate surface area is 244 Å². The summed E-state index contributed by atoms with van der Waals surface area (Å²) >= 11 is 5.58. The Hall–Kier alpha value is -3.05. The van der Waals surface area contributed by atoms with Crippen LogP contribution in [-0.4, -0.2) is 66.7 Å². The van der Waals surface area contributed by atoms with Gasteiger partial charge < -0.3 is 10.2 Å². The summed E-state index contributed by atoms with van der Waals surface area (Å²) in [5, 5.41) is 2.35. The molecular formula is C25H23ClF9N3O4S. The lowest BCUT2D eigenvalue weighted by Crippen LogP contribution is -2.61. The van der Waals surface area contributed by atoms with Crippen molar-refractivity contribution in [1.29, 1.82) is 0 Å². The number of benzene rings is 2. The number of alkyl halides is 10. The van der Waals surface area contributed by atoms with Crippen molar-refractivity contribution < 1.29 is 57.5 Å². The van der Waals surface area contributed by atoms with Crippen LogP contribution in [0.25, 0.3) is 0 Å². The normalized spacial score (nSPS) is 17.2. The Kier molecular flexibility index (Phi) is 10.3. The minimum atomic E-state index is -5.23. The second-order valence-corrected chi connectivity index (χ2v) is 11.9. The van der Waals surface area contributed by atoms with Crippen molar-refractivity contribution in [3.63, 3.8) is 0 Å². The molecule has 1 aliphatic rings. The molecular weight excluding hydrogens is 645 g/mol. The molecule has 2 aromatic carbocycles. The topological polar surface area (TPSA) is 86.8 Å². The van der Waals surface area contributed by atoms with Gasteiger partial charge in [0, 0.05) is 37.6 Å². The van der Waals surface area contributed by atoms with Crippen LogP contribution in [0.2, 0.25) is 0 Å². The number of amides is 2. The molecule has 1 saturated heterocycles. The highest BCUT2D eigenvalue weighted by Crippen LogP contribution is 2.37. The van der Waals surface area contributed by atoms with Crippen molar-refractivity contribution in [3.8, 4) is 0 Å². The van der Waals surface area contributed by atoms with Gasteiger partial charge in [-0.15, -0.1) is 11.6 Å². The number of carbonyl (C=O) groups is 2. The summed E-state index contributed by atoms with van der Waals surface area (Å²) in [4.78, 5) is 27.0. The average molecular weight is 668 g/mol. The third kappa shape index (κ3) is 8.75. The van der Waals surface area contributed by atoms with Gasteiger partial charge in [0.2, 0.25) is 15.9 Å². The predicted octanol–water partition coefficient (Wildman–Crippen LogP) is 5.14.